The summed E-state index contributed by atoms with van der Waals surface area (Å²) in [5, 5.41) is 11.1. The number of carbonyl (C=O) groups is 2. The maximum atomic E-state index is 12.6. The molecule has 3 fully saturated rings. The third-order valence-corrected chi connectivity index (χ3v) is 6.45. The van der Waals surface area contributed by atoms with E-state index in [2.05, 4.69) is 15.7 Å². The molecule has 3 aliphatic carbocycles. The average molecular weight is 437 g/mol. The lowest BCUT2D eigenvalue weighted by molar-refractivity contribution is -0.184. The van der Waals surface area contributed by atoms with E-state index < -0.39 is 0 Å². The molecular weight excluding hydrogens is 415 g/mol. The van der Waals surface area contributed by atoms with E-state index >= 15 is 0 Å². The maximum Gasteiger partial charge on any atom is 0.258 e. The molecule has 3 saturated carbocycles. The normalized spacial score (nSPS) is 24.3. The zero-order valence-electron chi connectivity index (χ0n) is 16.2. The monoisotopic (exact) mass is 436 g/mol. The van der Waals surface area contributed by atoms with Gasteiger partial charge >= 0.3 is 0 Å². The quantitative estimate of drug-likeness (QED) is 0.698. The summed E-state index contributed by atoms with van der Waals surface area (Å²) in [5.74, 6) is 0.308. The van der Waals surface area contributed by atoms with Crippen LogP contribution in [0.4, 0.5) is 0 Å². The molecule has 1 heterocycles. The van der Waals surface area contributed by atoms with Crippen molar-refractivity contribution in [3.05, 3.63) is 45.7 Å². The Morgan fingerprint density at radius 3 is 2.55 bits per heavy atom. The third-order valence-electron chi connectivity index (χ3n) is 5.71. The number of benzene rings is 1. The first-order valence-electron chi connectivity index (χ1n) is 9.37. The van der Waals surface area contributed by atoms with Crippen LogP contribution in [0.1, 0.15) is 30.7 Å². The van der Waals surface area contributed by atoms with Crippen molar-refractivity contribution >= 4 is 35.0 Å². The molecule has 0 atom stereocenters. The van der Waals surface area contributed by atoms with Gasteiger partial charge in [-0.1, -0.05) is 23.2 Å². The number of nitrogens with one attached hydrogen (secondary N) is 2. The van der Waals surface area contributed by atoms with Crippen LogP contribution in [0.25, 0.3) is 0 Å². The molecule has 29 heavy (non-hydrogen) atoms. The standard InChI is InChI=1S/C20H22Cl2N4O3/c1-12-5-13(26(2)25-12)7-23-18(28)19-9-20(10-19,11-19)24-17(27)8-29-14-3-4-15(21)16(22)6-14/h3-6H,7-11H2,1-2H3,(H,23,28)(H,24,27). The lowest BCUT2D eigenvalue weighted by Crippen LogP contribution is -2.78. The van der Waals surface area contributed by atoms with Crippen molar-refractivity contribution in [2.45, 2.75) is 38.3 Å². The Morgan fingerprint density at radius 2 is 1.93 bits per heavy atom. The van der Waals surface area contributed by atoms with E-state index in [1.807, 2.05) is 20.0 Å². The number of halogens is 2. The second-order valence-corrected chi connectivity index (χ2v) is 8.90. The zero-order valence-corrected chi connectivity index (χ0v) is 17.7. The molecular formula is C20H22Cl2N4O3. The molecule has 2 aromatic rings. The van der Waals surface area contributed by atoms with E-state index in [0.29, 0.717) is 41.6 Å². The predicted octanol–water partition coefficient (Wildman–Crippen LogP) is 2.77. The zero-order chi connectivity index (χ0) is 20.8. The molecule has 1 aromatic heterocycles. The lowest BCUT2D eigenvalue weighted by Gasteiger charge is -2.69. The first kappa shape index (κ1) is 20.0. The van der Waals surface area contributed by atoms with Crippen molar-refractivity contribution in [2.75, 3.05) is 6.61 Å². The van der Waals surface area contributed by atoms with Crippen molar-refractivity contribution in [1.29, 1.82) is 0 Å². The van der Waals surface area contributed by atoms with Crippen LogP contribution < -0.4 is 15.4 Å². The summed E-state index contributed by atoms with van der Waals surface area (Å²) in [6, 6.07) is 6.80. The molecule has 1 aromatic carbocycles. The lowest BCUT2D eigenvalue weighted by atomic mass is 9.39. The first-order valence-corrected chi connectivity index (χ1v) is 10.1. The number of ether oxygens (including phenoxy) is 1. The van der Waals surface area contributed by atoms with Crippen LogP contribution in [-0.2, 0) is 23.2 Å². The van der Waals surface area contributed by atoms with E-state index in [-0.39, 0.29) is 29.4 Å². The average Bonchev–Trinajstić information content (AvgIpc) is 2.93. The highest BCUT2D eigenvalue weighted by Gasteiger charge is 2.72. The topological polar surface area (TPSA) is 85.3 Å². The molecule has 9 heteroatoms. The smallest absolute Gasteiger partial charge is 0.258 e. The summed E-state index contributed by atoms with van der Waals surface area (Å²) in [5.41, 5.74) is 1.25. The predicted molar refractivity (Wildman–Crippen MR) is 109 cm³/mol. The highest BCUT2D eigenvalue weighted by molar-refractivity contribution is 6.42. The van der Waals surface area contributed by atoms with Crippen molar-refractivity contribution in [3.63, 3.8) is 0 Å². The summed E-state index contributed by atoms with van der Waals surface area (Å²) in [6.45, 7) is 2.26. The fourth-order valence-electron chi connectivity index (χ4n) is 4.40. The maximum absolute atomic E-state index is 12.6. The van der Waals surface area contributed by atoms with Gasteiger partial charge in [-0.2, -0.15) is 5.10 Å². The van der Waals surface area contributed by atoms with Gasteiger partial charge in [0, 0.05) is 18.7 Å². The van der Waals surface area contributed by atoms with E-state index in [1.165, 1.54) is 0 Å². The molecule has 0 unspecified atom stereocenters. The summed E-state index contributed by atoms with van der Waals surface area (Å²) >= 11 is 11.8. The SMILES string of the molecule is Cc1cc(CNC(=O)C23CC(NC(=O)COc4ccc(Cl)c(Cl)c4)(C2)C3)n(C)n1. The minimum Gasteiger partial charge on any atom is -0.484 e. The summed E-state index contributed by atoms with van der Waals surface area (Å²) in [4.78, 5) is 24.8. The number of hydrogen-bond donors (Lipinski definition) is 2. The molecule has 0 radical (unpaired) electrons. The Balaban J connectivity index is 1.22. The largest absolute Gasteiger partial charge is 0.484 e. The number of aromatic nitrogens is 2. The molecule has 2 N–H and O–H groups in total. The number of carbonyl (C=O) groups excluding carboxylic acids is 2. The fraction of sp³-hybridized carbons (Fsp3) is 0.450. The van der Waals surface area contributed by atoms with Gasteiger partial charge in [-0.15, -0.1) is 0 Å². The van der Waals surface area contributed by atoms with Crippen molar-refractivity contribution in [1.82, 2.24) is 20.4 Å². The highest BCUT2D eigenvalue weighted by atomic mass is 35.5. The Morgan fingerprint density at radius 1 is 1.21 bits per heavy atom. The Hall–Kier alpha value is -2.25. The number of rotatable bonds is 7. The van der Waals surface area contributed by atoms with Gasteiger partial charge in [-0.05, 0) is 44.4 Å². The van der Waals surface area contributed by atoms with Gasteiger partial charge in [0.05, 0.1) is 33.4 Å². The second-order valence-electron chi connectivity index (χ2n) is 8.09. The molecule has 5 rings (SSSR count). The third kappa shape index (κ3) is 3.81. The van der Waals surface area contributed by atoms with Crippen LogP contribution in [0.2, 0.25) is 10.0 Å². The van der Waals surface area contributed by atoms with Crippen LogP contribution in [0.5, 0.6) is 5.75 Å². The van der Waals surface area contributed by atoms with Crippen molar-refractivity contribution in [3.8, 4) is 5.75 Å². The Labute approximate surface area is 178 Å². The molecule has 7 nitrogen and oxygen atoms in total. The second kappa shape index (κ2) is 7.22. The van der Waals surface area contributed by atoms with Crippen molar-refractivity contribution < 1.29 is 14.3 Å². The van der Waals surface area contributed by atoms with Gasteiger partial charge in [-0.3, -0.25) is 14.3 Å². The number of aryl methyl sites for hydroxylation is 2. The summed E-state index contributed by atoms with van der Waals surface area (Å²) < 4.78 is 7.24. The molecule has 0 saturated heterocycles. The van der Waals surface area contributed by atoms with Gasteiger partial charge < -0.3 is 15.4 Å². The minimum absolute atomic E-state index is 0.0412. The van der Waals surface area contributed by atoms with Crippen LogP contribution in [-0.4, -0.2) is 33.7 Å². The molecule has 2 amide bonds. The van der Waals surface area contributed by atoms with Crippen LogP contribution in [0, 0.1) is 12.3 Å². The molecule has 2 bridgehead atoms. The number of amides is 2. The van der Waals surface area contributed by atoms with Gasteiger partial charge in [0.15, 0.2) is 6.61 Å². The Bertz CT molecular complexity index is 968. The van der Waals surface area contributed by atoms with Crippen LogP contribution in [0.3, 0.4) is 0 Å². The first-order chi connectivity index (χ1) is 13.7. The van der Waals surface area contributed by atoms with Crippen molar-refractivity contribution in [2.24, 2.45) is 12.5 Å². The molecule has 3 aliphatic rings. The number of hydrogen-bond acceptors (Lipinski definition) is 4. The summed E-state index contributed by atoms with van der Waals surface area (Å²) in [6.07, 6.45) is 1.98. The molecule has 0 spiro atoms. The van der Waals surface area contributed by atoms with Gasteiger partial charge in [0.2, 0.25) is 5.91 Å². The molecule has 154 valence electrons. The Kier molecular flexibility index (Phi) is 4.99. The van der Waals surface area contributed by atoms with E-state index in [4.69, 9.17) is 27.9 Å². The minimum atomic E-state index is -0.356. The van der Waals surface area contributed by atoms with Gasteiger partial charge in [-0.25, -0.2) is 0 Å². The highest BCUT2D eigenvalue weighted by Crippen LogP contribution is 2.67. The number of nitrogens with zero attached hydrogens (tertiary/aromatic N) is 2. The van der Waals surface area contributed by atoms with Gasteiger partial charge in [0.25, 0.3) is 5.91 Å². The van der Waals surface area contributed by atoms with E-state index in [9.17, 15) is 9.59 Å². The fourth-order valence-corrected chi connectivity index (χ4v) is 4.68. The van der Waals surface area contributed by atoms with Crippen LogP contribution >= 0.6 is 23.2 Å². The molecule has 0 aliphatic heterocycles. The van der Waals surface area contributed by atoms with E-state index in [1.54, 1.807) is 22.9 Å². The van der Waals surface area contributed by atoms with Crippen LogP contribution in [0.15, 0.2) is 24.3 Å². The van der Waals surface area contributed by atoms with Gasteiger partial charge in [0.1, 0.15) is 5.75 Å². The summed E-state index contributed by atoms with van der Waals surface area (Å²) in [7, 11) is 1.86. The van der Waals surface area contributed by atoms with E-state index in [0.717, 1.165) is 11.4 Å².